The van der Waals surface area contributed by atoms with Crippen molar-refractivity contribution in [1.29, 1.82) is 0 Å². The van der Waals surface area contributed by atoms with Gasteiger partial charge in [0.2, 0.25) is 5.88 Å². The van der Waals surface area contributed by atoms with Gasteiger partial charge < -0.3 is 14.8 Å². The van der Waals surface area contributed by atoms with E-state index in [0.29, 0.717) is 24.4 Å². The summed E-state index contributed by atoms with van der Waals surface area (Å²) in [5, 5.41) is 4.51. The minimum absolute atomic E-state index is 0.00158. The van der Waals surface area contributed by atoms with Gasteiger partial charge in [-0.15, -0.1) is 11.8 Å². The topological polar surface area (TPSA) is 60.5 Å². The molecule has 4 rings (SSSR count). The smallest absolute Gasteiger partial charge is 0.414 e. The number of halogens is 3. The zero-order valence-corrected chi connectivity index (χ0v) is 21.0. The second-order valence-corrected chi connectivity index (χ2v) is 10.2. The highest BCUT2D eigenvalue weighted by Gasteiger charge is 2.43. The Morgan fingerprint density at radius 1 is 1.17 bits per heavy atom. The van der Waals surface area contributed by atoms with Gasteiger partial charge in [0.25, 0.3) is 5.91 Å². The summed E-state index contributed by atoms with van der Waals surface area (Å²) in [7, 11) is 0. The van der Waals surface area contributed by atoms with Crippen molar-refractivity contribution in [3.63, 3.8) is 0 Å². The van der Waals surface area contributed by atoms with Gasteiger partial charge in [0.15, 0.2) is 6.10 Å². The van der Waals surface area contributed by atoms with Crippen molar-refractivity contribution in [1.82, 2.24) is 10.3 Å². The Kier molecular flexibility index (Phi) is 8.41. The molecule has 0 spiro atoms. The molecule has 1 fully saturated rings. The molecule has 3 aromatic rings. The van der Waals surface area contributed by atoms with Crippen LogP contribution in [-0.2, 0) is 11.3 Å². The molecule has 1 aromatic heterocycles. The number of hydrogen-bond donors (Lipinski definition) is 1. The van der Waals surface area contributed by atoms with Crippen LogP contribution in [0.3, 0.4) is 0 Å². The lowest BCUT2D eigenvalue weighted by atomic mass is 9.99. The monoisotopic (exact) mass is 518 g/mol. The number of hydrogen-bond acceptors (Lipinski definition) is 5. The van der Waals surface area contributed by atoms with Gasteiger partial charge in [0, 0.05) is 34.0 Å². The summed E-state index contributed by atoms with van der Waals surface area (Å²) < 4.78 is 49.3. The van der Waals surface area contributed by atoms with Crippen LogP contribution in [0.2, 0.25) is 0 Å². The molecule has 1 aliphatic rings. The average molecular weight is 519 g/mol. The molecule has 2 unspecified atom stereocenters. The predicted molar refractivity (Wildman–Crippen MR) is 135 cm³/mol. The van der Waals surface area contributed by atoms with E-state index < -0.39 is 12.3 Å². The third kappa shape index (κ3) is 6.70. The molecule has 36 heavy (non-hydrogen) atoms. The van der Waals surface area contributed by atoms with Crippen molar-refractivity contribution in [3.8, 4) is 5.88 Å². The van der Waals surface area contributed by atoms with Gasteiger partial charge >= 0.3 is 6.18 Å². The van der Waals surface area contributed by atoms with Crippen LogP contribution in [0.25, 0.3) is 10.8 Å². The van der Waals surface area contributed by atoms with E-state index in [9.17, 15) is 18.0 Å². The van der Waals surface area contributed by atoms with E-state index in [1.165, 1.54) is 4.90 Å². The molecule has 1 amide bonds. The molecule has 2 aromatic carbocycles. The first-order valence-electron chi connectivity index (χ1n) is 12.0. The lowest BCUT2D eigenvalue weighted by molar-refractivity contribution is -0.236. The maximum atomic E-state index is 12.8. The fourth-order valence-electron chi connectivity index (χ4n) is 4.15. The van der Waals surface area contributed by atoms with Gasteiger partial charge in [-0.3, -0.25) is 4.79 Å². The molecule has 0 saturated carbocycles. The van der Waals surface area contributed by atoms with Gasteiger partial charge in [-0.25, -0.2) is 4.98 Å². The van der Waals surface area contributed by atoms with Crippen molar-refractivity contribution in [3.05, 3.63) is 65.4 Å². The van der Waals surface area contributed by atoms with Gasteiger partial charge in [0.05, 0.1) is 13.2 Å². The molecule has 9 heteroatoms. The largest absolute Gasteiger partial charge is 0.477 e. The van der Waals surface area contributed by atoms with Crippen molar-refractivity contribution in [2.45, 2.75) is 50.4 Å². The predicted octanol–water partition coefficient (Wildman–Crippen LogP) is 6.32. The fraction of sp³-hybridized carbons (Fsp3) is 0.407. The molecule has 0 aliphatic carbocycles. The van der Waals surface area contributed by atoms with E-state index in [2.05, 4.69) is 29.4 Å². The lowest BCUT2D eigenvalue weighted by Crippen LogP contribution is -2.38. The molecule has 0 bridgehead atoms. The Bertz CT molecular complexity index is 1190. The third-order valence-electron chi connectivity index (χ3n) is 6.06. The first-order valence-corrected chi connectivity index (χ1v) is 12.9. The first-order chi connectivity index (χ1) is 17.2. The number of benzene rings is 2. The van der Waals surface area contributed by atoms with Crippen LogP contribution in [-0.4, -0.2) is 42.1 Å². The van der Waals surface area contributed by atoms with Crippen LogP contribution in [0.4, 0.5) is 13.2 Å². The average Bonchev–Trinajstić information content (AvgIpc) is 2.86. The van der Waals surface area contributed by atoms with Crippen LogP contribution in [0.15, 0.2) is 53.4 Å². The molecular formula is C27H29F3N2O3S. The van der Waals surface area contributed by atoms with E-state index >= 15 is 0 Å². The lowest BCUT2D eigenvalue weighted by Gasteiger charge is -2.30. The Morgan fingerprint density at radius 3 is 2.61 bits per heavy atom. The first kappa shape index (κ1) is 26.3. The molecule has 1 N–H and O–H groups in total. The van der Waals surface area contributed by atoms with Gasteiger partial charge in [-0.05, 0) is 72.9 Å². The molecular weight excluding hydrogens is 489 g/mol. The Balaban J connectivity index is 1.38. The van der Waals surface area contributed by atoms with Crippen LogP contribution in [0.1, 0.15) is 41.4 Å². The van der Waals surface area contributed by atoms with Crippen molar-refractivity contribution in [2.75, 3.05) is 19.0 Å². The molecule has 192 valence electrons. The zero-order valence-electron chi connectivity index (χ0n) is 20.2. The Labute approximate surface area is 212 Å². The molecule has 1 saturated heterocycles. The third-order valence-corrected chi connectivity index (χ3v) is 6.96. The Morgan fingerprint density at radius 2 is 1.94 bits per heavy atom. The highest BCUT2D eigenvalue weighted by Crippen LogP contribution is 2.32. The van der Waals surface area contributed by atoms with E-state index in [-0.39, 0.29) is 31.5 Å². The number of carbonyl (C=O) groups is 1. The minimum atomic E-state index is -4.33. The summed E-state index contributed by atoms with van der Waals surface area (Å²) in [5.74, 6) is 1.09. The maximum absolute atomic E-state index is 12.8. The Hall–Kier alpha value is -2.78. The number of nitrogens with one attached hydrogen (secondary N) is 1. The van der Waals surface area contributed by atoms with E-state index in [1.807, 2.05) is 25.1 Å². The SMILES string of the molecule is CCSc1ccc(CNC(=O)c2ccc3c(OCC4CCC(C(F)(F)F)OC4)nc(C)cc3c2)cc1. The van der Waals surface area contributed by atoms with Gasteiger partial charge in [0.1, 0.15) is 0 Å². The van der Waals surface area contributed by atoms with E-state index in [0.717, 1.165) is 27.8 Å². The summed E-state index contributed by atoms with van der Waals surface area (Å²) in [6.07, 6.45) is -5.73. The summed E-state index contributed by atoms with van der Waals surface area (Å²) >= 11 is 1.77. The second-order valence-electron chi connectivity index (χ2n) is 8.88. The quantitative estimate of drug-likeness (QED) is 0.354. The maximum Gasteiger partial charge on any atom is 0.414 e. The molecule has 2 atom stereocenters. The number of aromatic nitrogens is 1. The molecule has 5 nitrogen and oxygen atoms in total. The number of pyridine rings is 1. The van der Waals surface area contributed by atoms with Crippen molar-refractivity contribution >= 4 is 28.4 Å². The highest BCUT2D eigenvalue weighted by molar-refractivity contribution is 7.99. The van der Waals surface area contributed by atoms with Crippen LogP contribution in [0, 0.1) is 12.8 Å². The van der Waals surface area contributed by atoms with Crippen molar-refractivity contribution in [2.24, 2.45) is 5.92 Å². The zero-order chi connectivity index (χ0) is 25.7. The summed E-state index contributed by atoms with van der Waals surface area (Å²) in [5.41, 5.74) is 2.27. The van der Waals surface area contributed by atoms with Gasteiger partial charge in [-0.1, -0.05) is 19.1 Å². The summed E-state index contributed by atoms with van der Waals surface area (Å²) in [4.78, 5) is 18.4. The fourth-order valence-corrected chi connectivity index (χ4v) is 4.81. The number of thioether (sulfide) groups is 1. The highest BCUT2D eigenvalue weighted by atomic mass is 32.2. The standard InChI is InChI=1S/C27H29F3N2O3S/c1-3-36-22-8-4-18(5-9-22)14-31-25(33)20-7-10-23-21(13-20)12-17(2)32-26(23)35-16-19-6-11-24(34-15-19)27(28,29)30/h4-5,7-10,12-13,19,24H,3,6,11,14-16H2,1-2H3,(H,31,33). The number of carbonyl (C=O) groups excluding carboxylic acids is 1. The summed E-state index contributed by atoms with van der Waals surface area (Å²) in [6, 6.07) is 15.3. The number of amides is 1. The van der Waals surface area contributed by atoms with E-state index in [4.69, 9.17) is 9.47 Å². The number of alkyl halides is 3. The minimum Gasteiger partial charge on any atom is -0.477 e. The molecule has 0 radical (unpaired) electrons. The van der Waals surface area contributed by atoms with Crippen LogP contribution >= 0.6 is 11.8 Å². The number of nitrogens with zero attached hydrogens (tertiary/aromatic N) is 1. The number of ether oxygens (including phenoxy) is 2. The molecule has 2 heterocycles. The number of rotatable bonds is 8. The summed E-state index contributed by atoms with van der Waals surface area (Å²) in [6.45, 7) is 4.58. The second kappa shape index (κ2) is 11.5. The van der Waals surface area contributed by atoms with E-state index in [1.54, 1.807) is 30.0 Å². The normalized spacial score (nSPS) is 18.2. The number of aryl methyl sites for hydroxylation is 1. The van der Waals surface area contributed by atoms with Crippen LogP contribution in [0.5, 0.6) is 5.88 Å². The van der Waals surface area contributed by atoms with Crippen molar-refractivity contribution < 1.29 is 27.4 Å². The molecule has 1 aliphatic heterocycles. The van der Waals surface area contributed by atoms with Crippen LogP contribution < -0.4 is 10.1 Å². The number of fused-ring (bicyclic) bond motifs is 1. The van der Waals surface area contributed by atoms with Gasteiger partial charge in [-0.2, -0.15) is 13.2 Å².